The van der Waals surface area contributed by atoms with E-state index in [-0.39, 0.29) is 69.0 Å². The second kappa shape index (κ2) is 6.74. The number of rotatable bonds is 1. The van der Waals surface area contributed by atoms with Crippen LogP contribution < -0.4 is 0 Å². The molecule has 0 unspecified atom stereocenters. The Hall–Kier alpha value is -0.950. The van der Waals surface area contributed by atoms with Crippen LogP contribution in [0.1, 0.15) is 93.4 Å². The molecule has 6 nitrogen and oxygen atoms in total. The van der Waals surface area contributed by atoms with Crippen LogP contribution in [-0.4, -0.2) is 53.5 Å². The predicted molar refractivity (Wildman–Crippen MR) is 140 cm³/mol. The van der Waals surface area contributed by atoms with Gasteiger partial charge in [-0.2, -0.15) is 0 Å². The second-order valence-electron chi connectivity index (χ2n) is 16.1. The van der Waals surface area contributed by atoms with Crippen LogP contribution in [0.3, 0.4) is 0 Å². The molecule has 0 bridgehead atoms. The molecule has 7 fully saturated rings. The van der Waals surface area contributed by atoms with E-state index in [9.17, 15) is 9.90 Å². The van der Waals surface area contributed by atoms with Gasteiger partial charge in [0.2, 0.25) is 0 Å². The van der Waals surface area contributed by atoms with Crippen molar-refractivity contribution in [2.24, 2.45) is 44.8 Å². The van der Waals surface area contributed by atoms with Gasteiger partial charge in [-0.05, 0) is 74.0 Å². The van der Waals surface area contributed by atoms with Crippen LogP contribution in [0.15, 0.2) is 11.6 Å². The number of hydrogen-bond acceptors (Lipinski definition) is 6. The Kier molecular flexibility index (Phi) is 4.40. The van der Waals surface area contributed by atoms with Crippen LogP contribution in [0.4, 0.5) is 0 Å². The number of allylic oxidation sites excluding steroid dienone is 2. The van der Waals surface area contributed by atoms with Gasteiger partial charge in [0.25, 0.3) is 0 Å². The van der Waals surface area contributed by atoms with Crippen molar-refractivity contribution in [1.29, 1.82) is 0 Å². The monoisotopic (exact) mass is 526 g/mol. The molecule has 0 aromatic rings. The highest BCUT2D eigenvalue weighted by molar-refractivity contribution is 5.66. The molecule has 13 atom stereocenters. The molecule has 4 saturated carbocycles. The summed E-state index contributed by atoms with van der Waals surface area (Å²) >= 11 is 0. The van der Waals surface area contributed by atoms with Crippen molar-refractivity contribution in [2.75, 3.05) is 6.61 Å². The first kappa shape index (κ1) is 24.8. The van der Waals surface area contributed by atoms with Crippen molar-refractivity contribution in [1.82, 2.24) is 0 Å². The summed E-state index contributed by atoms with van der Waals surface area (Å²) in [5, 5.41) is 11.0. The molecule has 210 valence electrons. The number of carbonyl (C=O) groups is 1. The van der Waals surface area contributed by atoms with Gasteiger partial charge in [-0.3, -0.25) is 4.79 Å². The van der Waals surface area contributed by atoms with Gasteiger partial charge in [0.1, 0.15) is 17.8 Å². The molecule has 6 heteroatoms. The van der Waals surface area contributed by atoms with E-state index in [1.54, 1.807) is 12.5 Å². The second-order valence-corrected chi connectivity index (χ2v) is 16.1. The van der Waals surface area contributed by atoms with Gasteiger partial charge in [0.05, 0.1) is 18.8 Å². The van der Waals surface area contributed by atoms with Crippen LogP contribution in [0.25, 0.3) is 0 Å². The fraction of sp³-hybridized carbons (Fsp3) is 0.906. The lowest BCUT2D eigenvalue weighted by Gasteiger charge is -2.62. The highest BCUT2D eigenvalue weighted by Gasteiger charge is 2.84. The van der Waals surface area contributed by atoms with Crippen molar-refractivity contribution in [3.8, 4) is 0 Å². The normalized spacial score (nSPS) is 62.4. The third-order valence-corrected chi connectivity index (χ3v) is 14.3. The molecule has 0 amide bonds. The van der Waals surface area contributed by atoms with Crippen LogP contribution in [0, 0.1) is 44.8 Å². The Morgan fingerprint density at radius 2 is 1.87 bits per heavy atom. The van der Waals surface area contributed by atoms with E-state index in [0.717, 1.165) is 38.5 Å². The summed E-state index contributed by atoms with van der Waals surface area (Å²) in [6, 6.07) is 0. The van der Waals surface area contributed by atoms with Crippen LogP contribution in [0.5, 0.6) is 0 Å². The standard InChI is InChI=1S/C32H46O6/c1-17-12-32(25-28(6,38-25)16-35-32)37-19-13-27(5)21-9-8-20-26(3,4)22(34)10-11-30(20)15-31(21,30)14-23(36-18(2)33)29(27,7)24(17)19/h9,17,19-20,22-25,34H,8,10-16H2,1-7H3/t17-,19+,20+,22+,23-,24+,25-,27+,28-,29-,30-,31+,32+/m1/s1. The average molecular weight is 527 g/mol. The lowest BCUT2D eigenvalue weighted by atomic mass is 9.44. The molecule has 5 aliphatic carbocycles. The zero-order chi connectivity index (χ0) is 26.9. The molecule has 3 spiro atoms. The third kappa shape index (κ3) is 2.48. The summed E-state index contributed by atoms with van der Waals surface area (Å²) < 4.78 is 26.0. The molecule has 0 radical (unpaired) electrons. The summed E-state index contributed by atoms with van der Waals surface area (Å²) in [6.45, 7) is 16.1. The molecule has 0 aromatic heterocycles. The van der Waals surface area contributed by atoms with Gasteiger partial charge in [-0.25, -0.2) is 0 Å². The quantitative estimate of drug-likeness (QED) is 0.289. The Morgan fingerprint density at radius 3 is 2.53 bits per heavy atom. The maximum atomic E-state index is 12.6. The highest BCUT2D eigenvalue weighted by Crippen LogP contribution is 2.88. The molecule has 8 rings (SSSR count). The van der Waals surface area contributed by atoms with E-state index in [4.69, 9.17) is 18.9 Å². The molecular weight excluding hydrogens is 480 g/mol. The first-order valence-corrected chi connectivity index (χ1v) is 15.3. The Bertz CT molecular complexity index is 1160. The first-order valence-electron chi connectivity index (χ1n) is 15.3. The predicted octanol–water partition coefficient (Wildman–Crippen LogP) is 5.17. The van der Waals surface area contributed by atoms with Crippen molar-refractivity contribution in [2.45, 2.75) is 129 Å². The van der Waals surface area contributed by atoms with E-state index in [0.29, 0.717) is 18.4 Å². The topological polar surface area (TPSA) is 77.5 Å². The molecule has 8 aliphatic rings. The minimum absolute atomic E-state index is 0.0227. The van der Waals surface area contributed by atoms with Gasteiger partial charge in [0.15, 0.2) is 5.79 Å². The number of aliphatic hydroxyl groups excluding tert-OH is 1. The number of hydrogen-bond donors (Lipinski definition) is 1. The number of ether oxygens (including phenoxy) is 4. The number of esters is 1. The van der Waals surface area contributed by atoms with Gasteiger partial charge >= 0.3 is 5.97 Å². The molecule has 1 N–H and O–H groups in total. The number of epoxide rings is 1. The Balaban J connectivity index is 1.24. The maximum absolute atomic E-state index is 12.6. The zero-order valence-electron chi connectivity index (χ0n) is 24.3. The fourth-order valence-corrected chi connectivity index (χ4v) is 12.4. The largest absolute Gasteiger partial charge is 0.462 e. The van der Waals surface area contributed by atoms with Gasteiger partial charge in [-0.1, -0.05) is 46.3 Å². The summed E-state index contributed by atoms with van der Waals surface area (Å²) in [5.41, 5.74) is 1.26. The number of aliphatic hydroxyl groups is 1. The average Bonchev–Trinajstić information content (AvgIpc) is 3.64. The summed E-state index contributed by atoms with van der Waals surface area (Å²) in [5.74, 6) is 0.308. The smallest absolute Gasteiger partial charge is 0.302 e. The van der Waals surface area contributed by atoms with Crippen molar-refractivity contribution in [3.63, 3.8) is 0 Å². The molecule has 38 heavy (non-hydrogen) atoms. The van der Waals surface area contributed by atoms with Crippen molar-refractivity contribution < 1.29 is 28.8 Å². The van der Waals surface area contributed by atoms with Crippen molar-refractivity contribution >= 4 is 5.97 Å². The third-order valence-electron chi connectivity index (χ3n) is 14.3. The molecule has 3 saturated heterocycles. The van der Waals surface area contributed by atoms with E-state index in [2.05, 4.69) is 47.6 Å². The summed E-state index contributed by atoms with van der Waals surface area (Å²) in [4.78, 5) is 12.6. The lowest BCUT2D eigenvalue weighted by Crippen LogP contribution is -2.61. The molecular formula is C32H46O6. The molecule has 3 aliphatic heterocycles. The van der Waals surface area contributed by atoms with E-state index in [1.165, 1.54) is 6.42 Å². The van der Waals surface area contributed by atoms with E-state index < -0.39 is 5.79 Å². The van der Waals surface area contributed by atoms with E-state index in [1.807, 2.05) is 0 Å². The van der Waals surface area contributed by atoms with Crippen LogP contribution in [0.2, 0.25) is 0 Å². The molecule has 0 aromatic carbocycles. The SMILES string of the molecule is CC(=O)O[C@@H]1C[C@@]23C[C@@]24CC[C@H](O)C(C)(C)[C@@H]4CC=C3[C@]2(C)C[C@@H]3O[C@]4(C[C@@H](C)[C@@H]3[C@@]12C)OC[C@@]1(C)O[C@@H]41. The minimum atomic E-state index is -0.638. The first-order chi connectivity index (χ1) is 17.7. The number of fused-ring (bicyclic) bond motifs is 6. The highest BCUT2D eigenvalue weighted by atomic mass is 16.8. The van der Waals surface area contributed by atoms with Crippen molar-refractivity contribution in [3.05, 3.63) is 11.6 Å². The van der Waals surface area contributed by atoms with E-state index >= 15 is 0 Å². The van der Waals surface area contributed by atoms with Gasteiger partial charge in [-0.15, -0.1) is 0 Å². The maximum Gasteiger partial charge on any atom is 0.302 e. The zero-order valence-corrected chi connectivity index (χ0v) is 24.3. The lowest BCUT2D eigenvalue weighted by molar-refractivity contribution is -0.307. The fourth-order valence-electron chi connectivity index (χ4n) is 12.4. The summed E-state index contributed by atoms with van der Waals surface area (Å²) in [7, 11) is 0. The Morgan fingerprint density at radius 1 is 1.11 bits per heavy atom. The van der Waals surface area contributed by atoms with Crippen LogP contribution in [-0.2, 0) is 23.7 Å². The Labute approximate surface area is 227 Å². The summed E-state index contributed by atoms with van der Waals surface area (Å²) in [6.07, 6.45) is 9.10. The number of carbonyl (C=O) groups excluding carboxylic acids is 1. The molecule has 3 heterocycles. The van der Waals surface area contributed by atoms with Gasteiger partial charge < -0.3 is 24.1 Å². The van der Waals surface area contributed by atoms with Crippen LogP contribution >= 0.6 is 0 Å². The van der Waals surface area contributed by atoms with Gasteiger partial charge in [0, 0.05) is 29.6 Å². The minimum Gasteiger partial charge on any atom is -0.462 e.